The number of aromatic nitrogens is 3. The summed E-state index contributed by atoms with van der Waals surface area (Å²) in [7, 11) is 1.55. The molecule has 9 heteroatoms. The van der Waals surface area contributed by atoms with Gasteiger partial charge in [-0.3, -0.25) is 14.2 Å². The number of esters is 1. The lowest BCUT2D eigenvalue weighted by Gasteiger charge is -2.12. The number of hydrogen-bond donors (Lipinski definition) is 0. The predicted octanol–water partition coefficient (Wildman–Crippen LogP) is 3.47. The van der Waals surface area contributed by atoms with Gasteiger partial charge in [-0.1, -0.05) is 11.8 Å². The van der Waals surface area contributed by atoms with E-state index < -0.39 is 12.1 Å². The molecule has 1 aromatic carbocycles. The van der Waals surface area contributed by atoms with Crippen LogP contribution >= 0.6 is 11.8 Å². The van der Waals surface area contributed by atoms with Crippen molar-refractivity contribution in [2.45, 2.75) is 31.7 Å². The molecule has 2 aromatic heterocycles. The fraction of sp³-hybridized carbons (Fsp3) is 0.300. The molecule has 0 aliphatic rings. The molecule has 0 saturated heterocycles. The number of ketones is 1. The molecule has 0 spiro atoms. The van der Waals surface area contributed by atoms with Gasteiger partial charge in [0.05, 0.1) is 19.1 Å². The molecule has 0 radical (unpaired) electrons. The van der Waals surface area contributed by atoms with Gasteiger partial charge in [0, 0.05) is 12.1 Å². The summed E-state index contributed by atoms with van der Waals surface area (Å²) in [5.74, 6) is 1.08. The molecular weight excluding hydrogens is 394 g/mol. The number of ether oxygens (including phenoxy) is 2. The maximum atomic E-state index is 12.4. The average molecular weight is 415 g/mol. The second-order valence-electron chi connectivity index (χ2n) is 6.04. The Labute approximate surface area is 172 Å². The first-order chi connectivity index (χ1) is 14.0. The van der Waals surface area contributed by atoms with Gasteiger partial charge in [0.1, 0.15) is 5.75 Å². The van der Waals surface area contributed by atoms with E-state index in [2.05, 4.69) is 10.2 Å². The van der Waals surface area contributed by atoms with Gasteiger partial charge in [-0.25, -0.2) is 0 Å². The Kier molecular flexibility index (Phi) is 6.71. The molecule has 0 N–H and O–H groups in total. The summed E-state index contributed by atoms with van der Waals surface area (Å²) >= 11 is 1.20. The van der Waals surface area contributed by atoms with Crippen LogP contribution in [-0.2, 0) is 16.1 Å². The lowest BCUT2D eigenvalue weighted by molar-refractivity contribution is -0.143. The minimum absolute atomic E-state index is 0.0104. The highest BCUT2D eigenvalue weighted by atomic mass is 32.2. The predicted molar refractivity (Wildman–Crippen MR) is 107 cm³/mol. The maximum Gasteiger partial charge on any atom is 0.317 e. The first kappa shape index (κ1) is 20.7. The summed E-state index contributed by atoms with van der Waals surface area (Å²) in [6, 6.07) is 10.2. The zero-order chi connectivity index (χ0) is 20.8. The number of Topliss-reactive ketones (excluding diaryl/α,β-unsaturated/α-hetero) is 1. The van der Waals surface area contributed by atoms with Crippen molar-refractivity contribution in [3.8, 4) is 17.3 Å². The first-order valence-corrected chi connectivity index (χ1v) is 9.99. The summed E-state index contributed by atoms with van der Waals surface area (Å²) in [6.45, 7) is 4.12. The molecule has 0 aliphatic carbocycles. The van der Waals surface area contributed by atoms with Crippen LogP contribution in [0.4, 0.5) is 0 Å². The lowest BCUT2D eigenvalue weighted by Crippen LogP contribution is -2.25. The van der Waals surface area contributed by atoms with Gasteiger partial charge in [-0.05, 0) is 50.2 Å². The standard InChI is InChI=1S/C20H21N3O5S/c1-4-23-19(16-6-5-11-27-16)21-22-20(23)29-12-17(24)28-13(2)18(25)14-7-9-15(26-3)10-8-14/h5-11,13H,4,12H2,1-3H3/t13-/m0/s1. The molecule has 2 heterocycles. The summed E-state index contributed by atoms with van der Waals surface area (Å²) in [6.07, 6.45) is 0.675. The molecule has 0 amide bonds. The largest absolute Gasteiger partial charge is 0.497 e. The Bertz CT molecular complexity index is 967. The molecule has 8 nitrogen and oxygen atoms in total. The number of methoxy groups -OCH3 is 1. The fourth-order valence-corrected chi connectivity index (χ4v) is 3.45. The number of benzene rings is 1. The van der Waals surface area contributed by atoms with E-state index in [1.807, 2.05) is 11.5 Å². The van der Waals surface area contributed by atoms with Crippen LogP contribution < -0.4 is 4.74 Å². The molecule has 29 heavy (non-hydrogen) atoms. The van der Waals surface area contributed by atoms with Crippen molar-refractivity contribution in [2.75, 3.05) is 12.9 Å². The SMILES string of the molecule is CCn1c(SCC(=O)O[C@@H](C)C(=O)c2ccc(OC)cc2)nnc1-c1ccco1. The first-order valence-electron chi connectivity index (χ1n) is 9.01. The van der Waals surface area contributed by atoms with E-state index in [-0.39, 0.29) is 11.5 Å². The highest BCUT2D eigenvalue weighted by molar-refractivity contribution is 7.99. The van der Waals surface area contributed by atoms with Gasteiger partial charge in [0.25, 0.3) is 0 Å². The summed E-state index contributed by atoms with van der Waals surface area (Å²) in [5.41, 5.74) is 0.451. The highest BCUT2D eigenvalue weighted by Crippen LogP contribution is 2.24. The van der Waals surface area contributed by atoms with Crippen molar-refractivity contribution in [3.05, 3.63) is 48.2 Å². The van der Waals surface area contributed by atoms with Crippen LogP contribution in [0.5, 0.6) is 5.75 Å². The van der Waals surface area contributed by atoms with Crippen molar-refractivity contribution in [1.29, 1.82) is 0 Å². The monoisotopic (exact) mass is 415 g/mol. The molecule has 0 aliphatic heterocycles. The number of hydrogen-bond acceptors (Lipinski definition) is 8. The van der Waals surface area contributed by atoms with E-state index >= 15 is 0 Å². The third-order valence-corrected chi connectivity index (χ3v) is 5.09. The molecule has 3 aromatic rings. The van der Waals surface area contributed by atoms with E-state index in [0.29, 0.717) is 34.6 Å². The maximum absolute atomic E-state index is 12.4. The van der Waals surface area contributed by atoms with E-state index in [1.54, 1.807) is 56.7 Å². The molecule has 3 rings (SSSR count). The summed E-state index contributed by atoms with van der Waals surface area (Å²) in [4.78, 5) is 24.6. The summed E-state index contributed by atoms with van der Waals surface area (Å²) in [5, 5.41) is 8.83. The quantitative estimate of drug-likeness (QED) is 0.298. The Morgan fingerprint density at radius 2 is 1.97 bits per heavy atom. The number of nitrogens with zero attached hydrogens (tertiary/aromatic N) is 3. The number of carbonyl (C=O) groups excluding carboxylic acids is 2. The number of carbonyl (C=O) groups is 2. The van der Waals surface area contributed by atoms with E-state index in [1.165, 1.54) is 11.8 Å². The van der Waals surface area contributed by atoms with Crippen LogP contribution in [0.2, 0.25) is 0 Å². The van der Waals surface area contributed by atoms with Gasteiger partial charge in [0.2, 0.25) is 5.78 Å². The second kappa shape index (κ2) is 9.42. The molecule has 0 bridgehead atoms. The van der Waals surface area contributed by atoms with Crippen LogP contribution in [0.1, 0.15) is 24.2 Å². The zero-order valence-corrected chi connectivity index (χ0v) is 17.1. The van der Waals surface area contributed by atoms with Crippen molar-refractivity contribution < 1.29 is 23.5 Å². The topological polar surface area (TPSA) is 96.5 Å². The molecule has 1 atom stereocenters. The van der Waals surface area contributed by atoms with Gasteiger partial charge >= 0.3 is 5.97 Å². The minimum atomic E-state index is -0.890. The fourth-order valence-electron chi connectivity index (χ4n) is 2.67. The van der Waals surface area contributed by atoms with E-state index in [4.69, 9.17) is 13.9 Å². The molecule has 0 saturated carbocycles. The van der Waals surface area contributed by atoms with Gasteiger partial charge in [-0.15, -0.1) is 10.2 Å². The highest BCUT2D eigenvalue weighted by Gasteiger charge is 2.21. The van der Waals surface area contributed by atoms with Gasteiger partial charge in [0.15, 0.2) is 22.8 Å². The number of thioether (sulfide) groups is 1. The van der Waals surface area contributed by atoms with Crippen LogP contribution in [-0.4, -0.2) is 45.5 Å². The van der Waals surface area contributed by atoms with Gasteiger partial charge < -0.3 is 13.9 Å². The van der Waals surface area contributed by atoms with Crippen molar-refractivity contribution in [3.63, 3.8) is 0 Å². The van der Waals surface area contributed by atoms with Crippen molar-refractivity contribution >= 4 is 23.5 Å². The van der Waals surface area contributed by atoms with Crippen molar-refractivity contribution in [2.24, 2.45) is 0 Å². The molecule has 0 unspecified atom stereocenters. The average Bonchev–Trinajstić information content (AvgIpc) is 3.40. The van der Waals surface area contributed by atoms with E-state index in [9.17, 15) is 9.59 Å². The number of furan rings is 1. The zero-order valence-electron chi connectivity index (χ0n) is 16.3. The number of rotatable bonds is 9. The molecule has 152 valence electrons. The Morgan fingerprint density at radius 1 is 1.21 bits per heavy atom. The van der Waals surface area contributed by atoms with Crippen LogP contribution in [0.15, 0.2) is 52.2 Å². The summed E-state index contributed by atoms with van der Waals surface area (Å²) < 4.78 is 17.6. The Hall–Kier alpha value is -3.07. The minimum Gasteiger partial charge on any atom is -0.497 e. The normalized spacial score (nSPS) is 11.8. The molecular formula is C20H21N3O5S. The van der Waals surface area contributed by atoms with Crippen LogP contribution in [0.25, 0.3) is 11.6 Å². The van der Waals surface area contributed by atoms with E-state index in [0.717, 1.165) is 0 Å². The third kappa shape index (κ3) is 4.86. The Balaban J connectivity index is 1.57. The Morgan fingerprint density at radius 3 is 2.59 bits per heavy atom. The van der Waals surface area contributed by atoms with Crippen LogP contribution in [0.3, 0.4) is 0 Å². The lowest BCUT2D eigenvalue weighted by atomic mass is 10.1. The second-order valence-corrected chi connectivity index (χ2v) is 6.98. The van der Waals surface area contributed by atoms with Crippen LogP contribution in [0, 0.1) is 0 Å². The van der Waals surface area contributed by atoms with Gasteiger partial charge in [-0.2, -0.15) is 0 Å². The smallest absolute Gasteiger partial charge is 0.317 e. The van der Waals surface area contributed by atoms with Crippen molar-refractivity contribution in [1.82, 2.24) is 14.8 Å². The molecule has 0 fully saturated rings. The third-order valence-electron chi connectivity index (χ3n) is 4.15.